The minimum atomic E-state index is -1.43. The third-order valence-electron chi connectivity index (χ3n) is 3.61. The van der Waals surface area contributed by atoms with Crippen molar-refractivity contribution in [2.75, 3.05) is 0 Å². The molecule has 22 heavy (non-hydrogen) atoms. The lowest BCUT2D eigenvalue weighted by Crippen LogP contribution is -2.24. The molecule has 0 saturated heterocycles. The van der Waals surface area contributed by atoms with Crippen molar-refractivity contribution in [3.63, 3.8) is 0 Å². The Morgan fingerprint density at radius 3 is 1.09 bits per heavy atom. The van der Waals surface area contributed by atoms with Gasteiger partial charge in [0.15, 0.2) is 0 Å². The topological polar surface area (TPSA) is 97.8 Å². The van der Waals surface area contributed by atoms with Crippen molar-refractivity contribution in [1.82, 2.24) is 0 Å². The molecule has 0 unspecified atom stereocenters. The Morgan fingerprint density at radius 1 is 0.636 bits per heavy atom. The lowest BCUT2D eigenvalue weighted by Gasteiger charge is -2.17. The lowest BCUT2D eigenvalue weighted by molar-refractivity contribution is 0.317. The maximum Gasteiger partial charge on any atom is 0.0552 e. The van der Waals surface area contributed by atoms with Crippen LogP contribution in [-0.4, -0.2) is 41.6 Å². The highest BCUT2D eigenvalue weighted by atomic mass is 28.3. The highest BCUT2D eigenvalue weighted by molar-refractivity contribution is 6.69. The van der Waals surface area contributed by atoms with Crippen LogP contribution in [0.25, 0.3) is 0 Å². The van der Waals surface area contributed by atoms with E-state index in [-0.39, 0.29) is 0 Å². The number of hydrogen-bond acceptors (Lipinski definition) is 6. The van der Waals surface area contributed by atoms with Gasteiger partial charge in [0.2, 0.25) is 0 Å². The van der Waals surface area contributed by atoms with E-state index >= 15 is 0 Å². The van der Waals surface area contributed by atoms with Crippen molar-refractivity contribution >= 4 is 25.9 Å². The van der Waals surface area contributed by atoms with Crippen LogP contribution in [-0.2, 0) is 0 Å². The molecule has 0 aromatic rings. The van der Waals surface area contributed by atoms with E-state index in [4.69, 9.17) is 15.6 Å². The largest absolute Gasteiger partial charge is 0.411 e. The molecule has 0 amide bonds. The molecule has 0 aromatic heterocycles. The summed E-state index contributed by atoms with van der Waals surface area (Å²) in [5.41, 5.74) is 2.42. The molecule has 128 valence electrons. The van der Waals surface area contributed by atoms with Crippen LogP contribution in [0.15, 0.2) is 15.5 Å². The van der Waals surface area contributed by atoms with E-state index in [0.717, 1.165) is 73.8 Å². The molecule has 0 spiro atoms. The number of hydrogen-bond donors (Lipinski definition) is 3. The summed E-state index contributed by atoms with van der Waals surface area (Å²) in [6.45, 7) is 6.16. The molecule has 0 saturated carbocycles. The van der Waals surface area contributed by atoms with Gasteiger partial charge in [0, 0.05) is 0 Å². The molecular formula is C15H31N3O3Si. The molecule has 0 aromatic carbocycles. The summed E-state index contributed by atoms with van der Waals surface area (Å²) in [6, 6.07) is 2.28. The number of oxime groups is 3. The zero-order chi connectivity index (χ0) is 16.8. The summed E-state index contributed by atoms with van der Waals surface area (Å²) in [4.78, 5) is 0. The summed E-state index contributed by atoms with van der Waals surface area (Å²) in [5, 5.41) is 37.7. The average Bonchev–Trinajstić information content (AvgIpc) is 2.53. The third-order valence-corrected chi connectivity index (χ3v) is 6.76. The van der Waals surface area contributed by atoms with Gasteiger partial charge in [-0.15, -0.1) is 0 Å². The van der Waals surface area contributed by atoms with Crippen molar-refractivity contribution in [2.24, 2.45) is 15.5 Å². The van der Waals surface area contributed by atoms with Crippen LogP contribution in [0.2, 0.25) is 18.1 Å². The molecule has 0 rings (SSSR count). The Kier molecular flexibility index (Phi) is 12.5. The van der Waals surface area contributed by atoms with Gasteiger partial charge in [-0.2, -0.15) is 0 Å². The fourth-order valence-electron chi connectivity index (χ4n) is 2.66. The summed E-state index contributed by atoms with van der Waals surface area (Å²) in [6.07, 6.45) is 5.14. The van der Waals surface area contributed by atoms with Crippen LogP contribution in [0.3, 0.4) is 0 Å². The second-order valence-electron chi connectivity index (χ2n) is 5.73. The Morgan fingerprint density at radius 2 is 0.909 bits per heavy atom. The molecule has 0 heterocycles. The second kappa shape index (κ2) is 13.3. The van der Waals surface area contributed by atoms with E-state index < -0.39 is 8.80 Å². The van der Waals surface area contributed by atoms with Crippen LogP contribution in [0.4, 0.5) is 0 Å². The predicted molar refractivity (Wildman–Crippen MR) is 94.0 cm³/mol. The first-order valence-corrected chi connectivity index (χ1v) is 10.7. The second-order valence-corrected chi connectivity index (χ2v) is 8.68. The van der Waals surface area contributed by atoms with Gasteiger partial charge >= 0.3 is 0 Å². The van der Waals surface area contributed by atoms with Gasteiger partial charge in [-0.1, -0.05) is 55.5 Å². The van der Waals surface area contributed by atoms with Crippen LogP contribution in [0.5, 0.6) is 0 Å². The third kappa shape index (κ3) is 8.81. The quantitative estimate of drug-likeness (QED) is 0.217. The first kappa shape index (κ1) is 20.6. The Bertz CT molecular complexity index is 327. The highest BCUT2D eigenvalue weighted by Crippen LogP contribution is 2.16. The maximum absolute atomic E-state index is 9.15. The van der Waals surface area contributed by atoms with Crippen LogP contribution in [0, 0.1) is 0 Å². The molecule has 0 aliphatic carbocycles. The van der Waals surface area contributed by atoms with E-state index in [1.807, 2.05) is 0 Å². The van der Waals surface area contributed by atoms with E-state index in [9.17, 15) is 0 Å². The molecule has 0 atom stereocenters. The van der Waals surface area contributed by atoms with Gasteiger partial charge in [-0.05, 0) is 37.4 Å². The SMILES string of the molecule is CCCC(C[SiH](CC(CCC)=NO)CC(CCC)=NO)=NO. The monoisotopic (exact) mass is 329 g/mol. The van der Waals surface area contributed by atoms with Gasteiger partial charge in [0.25, 0.3) is 0 Å². The summed E-state index contributed by atoms with van der Waals surface area (Å²) in [7, 11) is -1.43. The smallest absolute Gasteiger partial charge is 0.0552 e. The summed E-state index contributed by atoms with van der Waals surface area (Å²) >= 11 is 0. The van der Waals surface area contributed by atoms with Crippen molar-refractivity contribution < 1.29 is 15.6 Å². The maximum atomic E-state index is 9.15. The van der Waals surface area contributed by atoms with Gasteiger partial charge in [-0.3, -0.25) is 0 Å². The number of rotatable bonds is 12. The van der Waals surface area contributed by atoms with Gasteiger partial charge in [0.05, 0.1) is 25.9 Å². The fourth-order valence-corrected chi connectivity index (χ4v) is 5.95. The predicted octanol–water partition coefficient (Wildman–Crippen LogP) is 4.10. The molecule has 0 aliphatic heterocycles. The van der Waals surface area contributed by atoms with Crippen LogP contribution < -0.4 is 0 Å². The highest BCUT2D eigenvalue weighted by Gasteiger charge is 2.20. The summed E-state index contributed by atoms with van der Waals surface area (Å²) in [5.74, 6) is 0. The molecular weight excluding hydrogens is 298 g/mol. The zero-order valence-electron chi connectivity index (χ0n) is 14.1. The minimum Gasteiger partial charge on any atom is -0.411 e. The first-order valence-electron chi connectivity index (χ1n) is 8.24. The van der Waals surface area contributed by atoms with Crippen LogP contribution in [0.1, 0.15) is 59.3 Å². The lowest BCUT2D eigenvalue weighted by atomic mass is 10.2. The standard InChI is InChI=1S/C15H31N3O3Si/c1-4-7-13(16-19)10-22(11-14(17-20)8-5-2)12-15(18-21)9-6-3/h19-22H,4-12H2,1-3H3. The normalized spacial score (nSPS) is 15.1. The fraction of sp³-hybridized carbons (Fsp3) is 0.800. The van der Waals surface area contributed by atoms with Crippen molar-refractivity contribution in [3.05, 3.63) is 0 Å². The Balaban J connectivity index is 4.96. The Hall–Kier alpha value is -1.37. The van der Waals surface area contributed by atoms with Crippen molar-refractivity contribution in [3.8, 4) is 0 Å². The summed E-state index contributed by atoms with van der Waals surface area (Å²) < 4.78 is 0. The molecule has 0 fully saturated rings. The van der Waals surface area contributed by atoms with Gasteiger partial charge in [-0.25, -0.2) is 0 Å². The molecule has 0 aliphatic rings. The first-order chi connectivity index (χ1) is 10.6. The Labute approximate surface area is 135 Å². The average molecular weight is 330 g/mol. The zero-order valence-corrected chi connectivity index (χ0v) is 15.3. The van der Waals surface area contributed by atoms with E-state index in [2.05, 4.69) is 36.2 Å². The van der Waals surface area contributed by atoms with E-state index in [1.165, 1.54) is 0 Å². The molecule has 0 bridgehead atoms. The van der Waals surface area contributed by atoms with Crippen molar-refractivity contribution in [1.29, 1.82) is 0 Å². The van der Waals surface area contributed by atoms with Crippen molar-refractivity contribution in [2.45, 2.75) is 77.4 Å². The minimum absolute atomic E-state index is 0.760. The van der Waals surface area contributed by atoms with Crippen LogP contribution >= 0.6 is 0 Å². The molecule has 6 nitrogen and oxygen atoms in total. The van der Waals surface area contributed by atoms with E-state index in [0.29, 0.717) is 0 Å². The number of nitrogens with zero attached hydrogens (tertiary/aromatic N) is 3. The molecule has 7 heteroatoms. The molecule has 0 radical (unpaired) electrons. The van der Waals surface area contributed by atoms with Gasteiger partial charge < -0.3 is 15.6 Å². The van der Waals surface area contributed by atoms with Gasteiger partial charge in [0.1, 0.15) is 0 Å². The van der Waals surface area contributed by atoms with E-state index in [1.54, 1.807) is 0 Å². The molecule has 3 N–H and O–H groups in total.